The van der Waals surface area contributed by atoms with Gasteiger partial charge in [-0.25, -0.2) is 4.39 Å². The summed E-state index contributed by atoms with van der Waals surface area (Å²) in [4.78, 5) is 11.5. The lowest BCUT2D eigenvalue weighted by Crippen LogP contribution is -2.47. The molecule has 0 aromatic heterocycles. The van der Waals surface area contributed by atoms with Gasteiger partial charge in [-0.15, -0.1) is 0 Å². The first-order chi connectivity index (χ1) is 5.78. The van der Waals surface area contributed by atoms with Gasteiger partial charge in [0.1, 0.15) is 6.17 Å². The van der Waals surface area contributed by atoms with Gasteiger partial charge in [0.05, 0.1) is 5.54 Å². The third-order valence-corrected chi connectivity index (χ3v) is 2.59. The normalized spacial score (nSPS) is 22.2. The number of hydrogen-bond donors (Lipinski definition) is 1. The Morgan fingerprint density at radius 1 is 1.46 bits per heavy atom. The minimum Gasteiger partial charge on any atom is -0.347 e. The molecular weight excluding hydrogens is 169 g/mol. The van der Waals surface area contributed by atoms with E-state index in [1.165, 1.54) is 6.92 Å². The average Bonchev–Trinajstić information content (AvgIpc) is 2.66. The molecule has 1 aliphatic carbocycles. The van der Waals surface area contributed by atoms with Crippen molar-refractivity contribution in [1.82, 2.24) is 5.32 Å². The zero-order chi connectivity index (χ0) is 10.3. The van der Waals surface area contributed by atoms with Crippen LogP contribution in [0.3, 0.4) is 0 Å². The Balaban J connectivity index is 2.55. The second-order valence-corrected chi connectivity index (χ2v) is 4.98. The van der Waals surface area contributed by atoms with Crippen molar-refractivity contribution in [2.45, 2.75) is 52.2 Å². The van der Waals surface area contributed by atoms with Crippen LogP contribution in [-0.2, 0) is 4.79 Å². The number of carbonyl (C=O) groups is 1. The van der Waals surface area contributed by atoms with Gasteiger partial charge in [-0.3, -0.25) is 4.79 Å². The lowest BCUT2D eigenvalue weighted by Gasteiger charge is -2.24. The van der Waals surface area contributed by atoms with E-state index in [4.69, 9.17) is 0 Å². The topological polar surface area (TPSA) is 29.1 Å². The van der Waals surface area contributed by atoms with Crippen LogP contribution in [0.25, 0.3) is 0 Å². The van der Waals surface area contributed by atoms with Crippen LogP contribution in [0.15, 0.2) is 0 Å². The zero-order valence-corrected chi connectivity index (χ0v) is 8.78. The van der Waals surface area contributed by atoms with Gasteiger partial charge in [0.25, 0.3) is 0 Å². The fourth-order valence-electron chi connectivity index (χ4n) is 1.17. The van der Waals surface area contributed by atoms with E-state index in [-0.39, 0.29) is 5.91 Å². The minimum absolute atomic E-state index is 0.0606. The van der Waals surface area contributed by atoms with Gasteiger partial charge in [0.15, 0.2) is 0 Å². The molecular formula is C10H18FNO. The molecule has 0 aliphatic heterocycles. The van der Waals surface area contributed by atoms with E-state index >= 15 is 0 Å². The SMILES string of the molecule is CC(F)C1(NC(=O)C(C)(C)C)CC1. The summed E-state index contributed by atoms with van der Waals surface area (Å²) in [5.41, 5.74) is -0.963. The summed E-state index contributed by atoms with van der Waals surface area (Å²) in [5.74, 6) is -0.0606. The van der Waals surface area contributed by atoms with E-state index in [1.54, 1.807) is 0 Å². The molecule has 1 saturated carbocycles. The lowest BCUT2D eigenvalue weighted by atomic mass is 9.94. The molecule has 0 aromatic rings. The molecule has 1 N–H and O–H groups in total. The lowest BCUT2D eigenvalue weighted by molar-refractivity contribution is -0.130. The Hall–Kier alpha value is -0.600. The highest BCUT2D eigenvalue weighted by molar-refractivity contribution is 5.82. The fraction of sp³-hybridized carbons (Fsp3) is 0.900. The summed E-state index contributed by atoms with van der Waals surface area (Å²) >= 11 is 0. The molecule has 0 spiro atoms. The van der Waals surface area contributed by atoms with Crippen LogP contribution in [0.1, 0.15) is 40.5 Å². The predicted octanol–water partition coefficient (Wildman–Crippen LogP) is 2.04. The molecule has 1 fully saturated rings. The third kappa shape index (κ3) is 2.20. The molecule has 1 aliphatic rings. The minimum atomic E-state index is -0.946. The van der Waals surface area contributed by atoms with E-state index in [9.17, 15) is 9.18 Å². The summed E-state index contributed by atoms with van der Waals surface area (Å²) in [7, 11) is 0. The predicted molar refractivity (Wildman–Crippen MR) is 50.1 cm³/mol. The first kappa shape index (κ1) is 10.5. The van der Waals surface area contributed by atoms with Crippen molar-refractivity contribution >= 4 is 5.91 Å². The Morgan fingerprint density at radius 2 is 1.92 bits per heavy atom. The van der Waals surface area contributed by atoms with Crippen molar-refractivity contribution in [1.29, 1.82) is 0 Å². The first-order valence-corrected chi connectivity index (χ1v) is 4.75. The van der Waals surface area contributed by atoms with Gasteiger partial charge in [0, 0.05) is 5.41 Å². The number of nitrogens with one attached hydrogen (secondary N) is 1. The van der Waals surface area contributed by atoms with Crippen LogP contribution >= 0.6 is 0 Å². The van der Waals surface area contributed by atoms with E-state index in [0.29, 0.717) is 0 Å². The van der Waals surface area contributed by atoms with Crippen molar-refractivity contribution in [2.24, 2.45) is 5.41 Å². The number of alkyl halides is 1. The Morgan fingerprint density at radius 3 is 2.15 bits per heavy atom. The van der Waals surface area contributed by atoms with Gasteiger partial charge >= 0.3 is 0 Å². The van der Waals surface area contributed by atoms with Gasteiger partial charge < -0.3 is 5.32 Å². The van der Waals surface area contributed by atoms with Crippen molar-refractivity contribution < 1.29 is 9.18 Å². The molecule has 1 unspecified atom stereocenters. The van der Waals surface area contributed by atoms with Crippen LogP contribution in [0.5, 0.6) is 0 Å². The highest BCUT2D eigenvalue weighted by Crippen LogP contribution is 2.40. The molecule has 76 valence electrons. The molecule has 0 saturated heterocycles. The molecule has 0 aromatic carbocycles. The Bertz CT molecular complexity index is 213. The first-order valence-electron chi connectivity index (χ1n) is 4.75. The standard InChI is InChI=1S/C10H18FNO/c1-7(11)10(5-6-10)12-8(13)9(2,3)4/h7H,5-6H2,1-4H3,(H,12,13). The summed E-state index contributed by atoms with van der Waals surface area (Å²) in [6.07, 6.45) is 0.595. The summed E-state index contributed by atoms with van der Waals surface area (Å²) in [6.45, 7) is 7.01. The Kier molecular flexibility index (Phi) is 2.39. The van der Waals surface area contributed by atoms with E-state index in [1.807, 2.05) is 20.8 Å². The third-order valence-electron chi connectivity index (χ3n) is 2.59. The van der Waals surface area contributed by atoms with Crippen molar-refractivity contribution in [2.75, 3.05) is 0 Å². The highest BCUT2D eigenvalue weighted by Gasteiger charge is 2.50. The maximum Gasteiger partial charge on any atom is 0.225 e. The fourth-order valence-corrected chi connectivity index (χ4v) is 1.17. The molecule has 0 heterocycles. The number of amides is 1. The molecule has 0 bridgehead atoms. The molecule has 3 heteroatoms. The van der Waals surface area contributed by atoms with Gasteiger partial charge in [-0.2, -0.15) is 0 Å². The van der Waals surface area contributed by atoms with Crippen LogP contribution in [0, 0.1) is 5.41 Å². The van der Waals surface area contributed by atoms with Crippen molar-refractivity contribution in [3.63, 3.8) is 0 Å². The smallest absolute Gasteiger partial charge is 0.225 e. The second kappa shape index (κ2) is 2.96. The van der Waals surface area contributed by atoms with Crippen LogP contribution in [-0.4, -0.2) is 17.6 Å². The number of rotatable bonds is 2. The summed E-state index contributed by atoms with van der Waals surface area (Å²) < 4.78 is 13.1. The summed E-state index contributed by atoms with van der Waals surface area (Å²) in [6, 6.07) is 0. The van der Waals surface area contributed by atoms with Crippen LogP contribution in [0.4, 0.5) is 4.39 Å². The summed E-state index contributed by atoms with van der Waals surface area (Å²) in [5, 5.41) is 2.79. The van der Waals surface area contributed by atoms with Crippen LogP contribution in [0.2, 0.25) is 0 Å². The quantitative estimate of drug-likeness (QED) is 0.704. The molecule has 2 nitrogen and oxygen atoms in total. The van der Waals surface area contributed by atoms with Crippen molar-refractivity contribution in [3.8, 4) is 0 Å². The number of hydrogen-bond acceptors (Lipinski definition) is 1. The zero-order valence-electron chi connectivity index (χ0n) is 8.78. The molecule has 1 rings (SSSR count). The van der Waals surface area contributed by atoms with E-state index in [0.717, 1.165) is 12.8 Å². The number of carbonyl (C=O) groups excluding carboxylic acids is 1. The molecule has 1 atom stereocenters. The second-order valence-electron chi connectivity index (χ2n) is 4.98. The monoisotopic (exact) mass is 187 g/mol. The largest absolute Gasteiger partial charge is 0.347 e. The van der Waals surface area contributed by atoms with Gasteiger partial charge in [-0.05, 0) is 19.8 Å². The average molecular weight is 187 g/mol. The molecule has 13 heavy (non-hydrogen) atoms. The molecule has 1 amide bonds. The van der Waals surface area contributed by atoms with Crippen molar-refractivity contribution in [3.05, 3.63) is 0 Å². The van der Waals surface area contributed by atoms with E-state index in [2.05, 4.69) is 5.32 Å². The van der Waals surface area contributed by atoms with E-state index < -0.39 is 17.1 Å². The van der Waals surface area contributed by atoms with Crippen LogP contribution < -0.4 is 5.32 Å². The van der Waals surface area contributed by atoms with Gasteiger partial charge in [0.2, 0.25) is 5.91 Å². The van der Waals surface area contributed by atoms with Gasteiger partial charge in [-0.1, -0.05) is 20.8 Å². The number of halogens is 1. The highest BCUT2D eigenvalue weighted by atomic mass is 19.1. The Labute approximate surface area is 78.9 Å². The maximum absolute atomic E-state index is 13.1. The maximum atomic E-state index is 13.1. The molecule has 0 radical (unpaired) electrons.